The highest BCUT2D eigenvalue weighted by atomic mass is 16.2. The van der Waals surface area contributed by atoms with Crippen molar-refractivity contribution in [2.24, 2.45) is 0 Å². The van der Waals surface area contributed by atoms with Gasteiger partial charge in [0.05, 0.1) is 0 Å². The third-order valence-electron chi connectivity index (χ3n) is 2.75. The van der Waals surface area contributed by atoms with Gasteiger partial charge in [-0.15, -0.1) is 0 Å². The van der Waals surface area contributed by atoms with Gasteiger partial charge in [0.1, 0.15) is 5.56 Å². The molecule has 0 aliphatic heterocycles. The van der Waals surface area contributed by atoms with Gasteiger partial charge in [-0.2, -0.15) is 0 Å². The normalized spacial score (nSPS) is 13.9. The fourth-order valence-corrected chi connectivity index (χ4v) is 2.02. The van der Waals surface area contributed by atoms with Crippen LogP contribution in [-0.4, -0.2) is 16.9 Å². The Morgan fingerprint density at radius 1 is 1.44 bits per heavy atom. The number of nitrogens with one attached hydrogen (secondary N) is 2. The van der Waals surface area contributed by atoms with Gasteiger partial charge in [0, 0.05) is 11.7 Å². The number of hydrogen-bond donors (Lipinski definition) is 2. The van der Waals surface area contributed by atoms with E-state index in [2.05, 4.69) is 10.3 Å². The van der Waals surface area contributed by atoms with Crippen molar-refractivity contribution in [3.63, 3.8) is 0 Å². The summed E-state index contributed by atoms with van der Waals surface area (Å²) >= 11 is 0. The van der Waals surface area contributed by atoms with Crippen LogP contribution in [-0.2, 0) is 12.8 Å². The molecular formula is C12H16N2O2. The lowest BCUT2D eigenvalue weighted by atomic mass is 10.1. The number of aromatic amines is 1. The zero-order valence-corrected chi connectivity index (χ0v) is 9.59. The highest BCUT2D eigenvalue weighted by Crippen LogP contribution is 2.18. The molecule has 4 heteroatoms. The van der Waals surface area contributed by atoms with Crippen LogP contribution in [0.4, 0.5) is 0 Å². The van der Waals surface area contributed by atoms with Gasteiger partial charge in [0.25, 0.3) is 11.5 Å². The van der Waals surface area contributed by atoms with Crippen LogP contribution < -0.4 is 10.9 Å². The lowest BCUT2D eigenvalue weighted by molar-refractivity contribution is 0.0941. The summed E-state index contributed by atoms with van der Waals surface area (Å²) < 4.78 is 0. The molecule has 4 nitrogen and oxygen atoms in total. The summed E-state index contributed by atoms with van der Waals surface area (Å²) in [5.41, 5.74) is 2.05. The molecule has 1 heterocycles. The Balaban J connectivity index is 2.35. The third-order valence-corrected chi connectivity index (χ3v) is 2.75. The number of amides is 1. The summed E-state index contributed by atoms with van der Waals surface area (Å²) in [6.45, 7) is 3.75. The van der Waals surface area contributed by atoms with E-state index in [-0.39, 0.29) is 23.1 Å². The molecule has 0 saturated heterocycles. The van der Waals surface area contributed by atoms with E-state index in [1.54, 1.807) is 6.07 Å². The number of carbonyl (C=O) groups is 1. The summed E-state index contributed by atoms with van der Waals surface area (Å²) in [4.78, 5) is 26.2. The maximum absolute atomic E-state index is 11.7. The summed E-state index contributed by atoms with van der Waals surface area (Å²) in [5.74, 6) is -0.286. The minimum atomic E-state index is -0.286. The molecule has 0 unspecified atom stereocenters. The molecule has 1 aromatic heterocycles. The van der Waals surface area contributed by atoms with E-state index in [0.29, 0.717) is 0 Å². The predicted octanol–water partition coefficient (Wildman–Crippen LogP) is 1.00. The Hall–Kier alpha value is -1.58. The Morgan fingerprint density at radius 2 is 2.19 bits per heavy atom. The van der Waals surface area contributed by atoms with Crippen LogP contribution in [0.15, 0.2) is 10.9 Å². The van der Waals surface area contributed by atoms with Crippen molar-refractivity contribution in [2.45, 2.75) is 39.2 Å². The second-order valence-corrected chi connectivity index (χ2v) is 4.50. The van der Waals surface area contributed by atoms with E-state index < -0.39 is 0 Å². The van der Waals surface area contributed by atoms with Gasteiger partial charge in [-0.25, -0.2) is 0 Å². The molecule has 0 fully saturated rings. The highest BCUT2D eigenvalue weighted by Gasteiger charge is 2.18. The van der Waals surface area contributed by atoms with Crippen molar-refractivity contribution in [3.8, 4) is 0 Å². The number of pyridine rings is 1. The van der Waals surface area contributed by atoms with E-state index in [1.807, 2.05) is 13.8 Å². The molecule has 16 heavy (non-hydrogen) atoms. The van der Waals surface area contributed by atoms with Gasteiger partial charge in [0.2, 0.25) is 0 Å². The van der Waals surface area contributed by atoms with Crippen molar-refractivity contribution < 1.29 is 4.79 Å². The Morgan fingerprint density at radius 3 is 2.88 bits per heavy atom. The van der Waals surface area contributed by atoms with Gasteiger partial charge < -0.3 is 10.3 Å². The van der Waals surface area contributed by atoms with Crippen LogP contribution in [0.2, 0.25) is 0 Å². The standard InChI is InChI=1S/C12H16N2O2/c1-7(2)13-11(15)9-6-8-4-3-5-10(8)14-12(9)16/h6-7H,3-5H2,1-2H3,(H,13,15)(H,14,16). The maximum Gasteiger partial charge on any atom is 0.261 e. The fraction of sp³-hybridized carbons (Fsp3) is 0.500. The monoisotopic (exact) mass is 220 g/mol. The Labute approximate surface area is 94.1 Å². The molecule has 0 saturated carbocycles. The number of hydrogen-bond acceptors (Lipinski definition) is 2. The summed E-state index contributed by atoms with van der Waals surface area (Å²) in [6.07, 6.45) is 2.92. The molecule has 0 atom stereocenters. The zero-order valence-electron chi connectivity index (χ0n) is 9.59. The maximum atomic E-state index is 11.7. The molecule has 0 spiro atoms. The summed E-state index contributed by atoms with van der Waals surface area (Å²) in [7, 11) is 0. The lowest BCUT2D eigenvalue weighted by Gasteiger charge is -2.08. The van der Waals surface area contributed by atoms with Crippen molar-refractivity contribution in [3.05, 3.63) is 33.2 Å². The second-order valence-electron chi connectivity index (χ2n) is 4.50. The Bertz CT molecular complexity index is 474. The number of aromatic nitrogens is 1. The number of fused-ring (bicyclic) bond motifs is 1. The molecule has 2 rings (SSSR count). The molecule has 1 aliphatic rings. The van der Waals surface area contributed by atoms with Gasteiger partial charge in [-0.1, -0.05) is 0 Å². The van der Waals surface area contributed by atoms with Crippen LogP contribution in [0.3, 0.4) is 0 Å². The van der Waals surface area contributed by atoms with Gasteiger partial charge in [-0.3, -0.25) is 9.59 Å². The first-order valence-corrected chi connectivity index (χ1v) is 5.64. The highest BCUT2D eigenvalue weighted by molar-refractivity contribution is 5.94. The van der Waals surface area contributed by atoms with Gasteiger partial charge in [-0.05, 0) is 44.7 Å². The third kappa shape index (κ3) is 2.01. The zero-order chi connectivity index (χ0) is 11.7. The van der Waals surface area contributed by atoms with Crippen LogP contribution >= 0.6 is 0 Å². The molecule has 0 radical (unpaired) electrons. The molecule has 86 valence electrons. The van der Waals surface area contributed by atoms with Crippen LogP contribution in [0.1, 0.15) is 41.9 Å². The average Bonchev–Trinajstić information content (AvgIpc) is 2.61. The molecule has 0 bridgehead atoms. The molecule has 0 aromatic carbocycles. The lowest BCUT2D eigenvalue weighted by Crippen LogP contribution is -2.34. The summed E-state index contributed by atoms with van der Waals surface area (Å²) in [5, 5.41) is 2.73. The smallest absolute Gasteiger partial charge is 0.261 e. The topological polar surface area (TPSA) is 62.0 Å². The van der Waals surface area contributed by atoms with E-state index in [1.165, 1.54) is 0 Å². The SMILES string of the molecule is CC(C)NC(=O)c1cc2c([nH]c1=O)CCC2. The van der Waals surface area contributed by atoms with E-state index in [9.17, 15) is 9.59 Å². The number of aryl methyl sites for hydroxylation is 2. The van der Waals surface area contributed by atoms with Crippen LogP contribution in [0, 0.1) is 0 Å². The predicted molar refractivity (Wildman–Crippen MR) is 61.7 cm³/mol. The van der Waals surface area contributed by atoms with E-state index >= 15 is 0 Å². The molecular weight excluding hydrogens is 204 g/mol. The van der Waals surface area contributed by atoms with Crippen molar-refractivity contribution in [1.29, 1.82) is 0 Å². The molecule has 1 aromatic rings. The number of carbonyl (C=O) groups excluding carboxylic acids is 1. The molecule has 2 N–H and O–H groups in total. The average molecular weight is 220 g/mol. The van der Waals surface area contributed by atoms with Gasteiger partial charge in [0.15, 0.2) is 0 Å². The molecule has 1 aliphatic carbocycles. The number of rotatable bonds is 2. The van der Waals surface area contributed by atoms with Crippen molar-refractivity contribution >= 4 is 5.91 Å². The van der Waals surface area contributed by atoms with E-state index in [0.717, 1.165) is 30.5 Å². The summed E-state index contributed by atoms with van der Waals surface area (Å²) in [6, 6.07) is 1.78. The minimum Gasteiger partial charge on any atom is -0.350 e. The fourth-order valence-electron chi connectivity index (χ4n) is 2.02. The minimum absolute atomic E-state index is 0.0418. The van der Waals surface area contributed by atoms with E-state index in [4.69, 9.17) is 0 Å². The Kier molecular flexibility index (Phi) is 2.81. The van der Waals surface area contributed by atoms with Crippen LogP contribution in [0.25, 0.3) is 0 Å². The first kappa shape index (κ1) is 10.9. The first-order chi connectivity index (χ1) is 7.58. The molecule has 1 amide bonds. The van der Waals surface area contributed by atoms with Crippen LogP contribution in [0.5, 0.6) is 0 Å². The van der Waals surface area contributed by atoms with Crippen molar-refractivity contribution in [2.75, 3.05) is 0 Å². The quantitative estimate of drug-likeness (QED) is 0.781. The second kappa shape index (κ2) is 4.12. The number of H-pyrrole nitrogens is 1. The van der Waals surface area contributed by atoms with Gasteiger partial charge >= 0.3 is 0 Å². The largest absolute Gasteiger partial charge is 0.350 e. The first-order valence-electron chi connectivity index (χ1n) is 5.64. The van der Waals surface area contributed by atoms with Crippen molar-refractivity contribution in [1.82, 2.24) is 10.3 Å².